The Morgan fingerprint density at radius 1 is 0.970 bits per heavy atom. The van der Waals surface area contributed by atoms with Gasteiger partial charge in [0.25, 0.3) is 0 Å². The van der Waals surface area contributed by atoms with E-state index in [9.17, 15) is 9.18 Å². The molecule has 2 aromatic carbocycles. The third-order valence-electron chi connectivity index (χ3n) is 6.47. The summed E-state index contributed by atoms with van der Waals surface area (Å²) in [5, 5.41) is 0. The van der Waals surface area contributed by atoms with Crippen molar-refractivity contribution in [2.75, 3.05) is 26.7 Å². The third-order valence-corrected chi connectivity index (χ3v) is 6.47. The van der Waals surface area contributed by atoms with E-state index in [1.54, 1.807) is 12.1 Å². The van der Waals surface area contributed by atoms with Crippen LogP contribution in [0, 0.1) is 12.7 Å². The fourth-order valence-electron chi connectivity index (χ4n) is 4.57. The Morgan fingerprint density at radius 2 is 1.61 bits per heavy atom. The van der Waals surface area contributed by atoms with E-state index in [0.29, 0.717) is 17.9 Å². The number of carbonyl (C=O) groups is 1. The average molecular weight is 448 g/mol. The summed E-state index contributed by atoms with van der Waals surface area (Å²) < 4.78 is 19.9. The van der Waals surface area contributed by atoms with Crippen molar-refractivity contribution >= 4 is 5.78 Å². The van der Waals surface area contributed by atoms with Crippen molar-refractivity contribution in [3.05, 3.63) is 77.7 Å². The number of halogens is 1. The molecule has 4 rings (SSSR count). The topological polar surface area (TPSA) is 39.2 Å². The number of nitrogens with zero attached hydrogens (tertiary/aromatic N) is 2. The lowest BCUT2D eigenvalue weighted by molar-refractivity contribution is -0.914. The quantitative estimate of drug-likeness (QED) is 0.289. The monoisotopic (exact) mass is 447 g/mol. The molecule has 0 atom stereocenters. The van der Waals surface area contributed by atoms with Crippen molar-refractivity contribution < 1.29 is 18.4 Å². The lowest BCUT2D eigenvalue weighted by Gasteiger charge is -2.37. The molecule has 3 aromatic rings. The van der Waals surface area contributed by atoms with Crippen LogP contribution in [-0.4, -0.2) is 41.9 Å². The molecule has 1 saturated heterocycles. The van der Waals surface area contributed by atoms with E-state index in [4.69, 9.17) is 4.74 Å². The summed E-state index contributed by atoms with van der Waals surface area (Å²) in [7, 11) is 2.32. The van der Waals surface area contributed by atoms with Gasteiger partial charge in [0.15, 0.2) is 5.78 Å². The summed E-state index contributed by atoms with van der Waals surface area (Å²) in [5.74, 6) is 1.12. The van der Waals surface area contributed by atoms with Crippen molar-refractivity contribution in [1.82, 2.24) is 4.98 Å². The number of likely N-dealkylation sites (tertiary alicyclic amines) is 1. The largest absolute Gasteiger partial charge is 0.457 e. The molecular formula is C28H32FN2O2+. The SMILES string of the molecule is Cc1cc(C(=O)CCC[N+]2(C)CCCCC2)cc(-c2ccc(Oc3ccc(F)cc3)cc2)n1. The highest BCUT2D eigenvalue weighted by Crippen LogP contribution is 2.26. The van der Waals surface area contributed by atoms with Gasteiger partial charge in [0.2, 0.25) is 0 Å². The first-order valence-electron chi connectivity index (χ1n) is 11.8. The maximum absolute atomic E-state index is 13.1. The molecule has 1 aliphatic rings. The highest BCUT2D eigenvalue weighted by atomic mass is 19.1. The minimum Gasteiger partial charge on any atom is -0.457 e. The molecule has 0 saturated carbocycles. The summed E-state index contributed by atoms with van der Waals surface area (Å²) >= 11 is 0. The predicted molar refractivity (Wildman–Crippen MR) is 129 cm³/mol. The van der Waals surface area contributed by atoms with E-state index in [0.717, 1.165) is 40.0 Å². The number of hydrogen-bond donors (Lipinski definition) is 0. The van der Waals surface area contributed by atoms with E-state index in [1.165, 1.54) is 44.5 Å². The second kappa shape index (κ2) is 10.3. The van der Waals surface area contributed by atoms with E-state index in [2.05, 4.69) is 12.0 Å². The molecule has 33 heavy (non-hydrogen) atoms. The maximum Gasteiger partial charge on any atom is 0.163 e. The highest BCUT2D eigenvalue weighted by molar-refractivity contribution is 5.97. The highest BCUT2D eigenvalue weighted by Gasteiger charge is 2.24. The van der Waals surface area contributed by atoms with Crippen LogP contribution in [0.15, 0.2) is 60.7 Å². The number of benzene rings is 2. The molecule has 0 spiro atoms. The maximum atomic E-state index is 13.1. The Morgan fingerprint density at radius 3 is 2.27 bits per heavy atom. The van der Waals surface area contributed by atoms with Gasteiger partial charge in [-0.05, 0) is 86.8 Å². The van der Waals surface area contributed by atoms with Gasteiger partial charge in [-0.15, -0.1) is 0 Å². The third kappa shape index (κ3) is 6.26. The second-order valence-corrected chi connectivity index (χ2v) is 9.34. The predicted octanol–water partition coefficient (Wildman–Crippen LogP) is 6.58. The van der Waals surface area contributed by atoms with Crippen LogP contribution in [0.5, 0.6) is 11.5 Å². The zero-order chi connectivity index (χ0) is 23.3. The van der Waals surface area contributed by atoms with Crippen LogP contribution in [0.25, 0.3) is 11.3 Å². The molecule has 2 heterocycles. The molecule has 0 aliphatic carbocycles. The average Bonchev–Trinajstić information content (AvgIpc) is 2.81. The lowest BCUT2D eigenvalue weighted by Crippen LogP contribution is -2.48. The fourth-order valence-corrected chi connectivity index (χ4v) is 4.57. The number of rotatable bonds is 8. The number of hydrogen-bond acceptors (Lipinski definition) is 3. The zero-order valence-corrected chi connectivity index (χ0v) is 19.5. The summed E-state index contributed by atoms with van der Waals surface area (Å²) in [5.41, 5.74) is 3.26. The van der Waals surface area contributed by atoms with Gasteiger partial charge in [-0.1, -0.05) is 0 Å². The van der Waals surface area contributed by atoms with Gasteiger partial charge in [-0.25, -0.2) is 4.39 Å². The molecule has 0 radical (unpaired) electrons. The van der Waals surface area contributed by atoms with Crippen LogP contribution in [0.2, 0.25) is 0 Å². The lowest BCUT2D eigenvalue weighted by atomic mass is 10.0. The van der Waals surface area contributed by atoms with Gasteiger partial charge in [0.1, 0.15) is 17.3 Å². The Labute approximate surface area is 195 Å². The van der Waals surface area contributed by atoms with Crippen molar-refractivity contribution in [1.29, 1.82) is 0 Å². The summed E-state index contributed by atoms with van der Waals surface area (Å²) in [4.78, 5) is 17.6. The molecule has 4 nitrogen and oxygen atoms in total. The first-order valence-corrected chi connectivity index (χ1v) is 11.8. The number of piperidine rings is 1. The first kappa shape index (κ1) is 23.1. The van der Waals surface area contributed by atoms with Crippen molar-refractivity contribution in [3.8, 4) is 22.8 Å². The van der Waals surface area contributed by atoms with E-state index in [-0.39, 0.29) is 11.6 Å². The Bertz CT molecular complexity index is 1090. The van der Waals surface area contributed by atoms with E-state index >= 15 is 0 Å². The standard InChI is InChI=1S/C28H32FN2O2/c1-21-19-23(28(32)7-6-18-31(2)16-4-3-5-17-31)20-27(30-21)22-8-12-25(13-9-22)33-26-14-10-24(29)11-15-26/h8-15,19-20H,3-7,16-18H2,1-2H3/q+1. The van der Waals surface area contributed by atoms with Crippen molar-refractivity contribution in [2.45, 2.75) is 39.0 Å². The van der Waals surface area contributed by atoms with Gasteiger partial charge in [-0.3, -0.25) is 9.78 Å². The number of Topliss-reactive ketones (excluding diaryl/α,β-unsaturated/α-hetero) is 1. The number of aryl methyl sites for hydroxylation is 1. The van der Waals surface area contributed by atoms with Gasteiger partial charge < -0.3 is 9.22 Å². The number of carbonyl (C=O) groups excluding carboxylic acids is 1. The molecule has 1 fully saturated rings. The summed E-state index contributed by atoms with van der Waals surface area (Å²) in [6.07, 6.45) is 5.42. The fraction of sp³-hybridized carbons (Fsp3) is 0.357. The number of ketones is 1. The molecule has 1 aromatic heterocycles. The van der Waals surface area contributed by atoms with Gasteiger partial charge >= 0.3 is 0 Å². The first-order chi connectivity index (χ1) is 15.9. The van der Waals surface area contributed by atoms with Crippen LogP contribution >= 0.6 is 0 Å². The molecule has 172 valence electrons. The Balaban J connectivity index is 1.40. The van der Waals surface area contributed by atoms with Crippen molar-refractivity contribution in [2.24, 2.45) is 0 Å². The van der Waals surface area contributed by atoms with Crippen LogP contribution < -0.4 is 4.74 Å². The second-order valence-electron chi connectivity index (χ2n) is 9.34. The smallest absolute Gasteiger partial charge is 0.163 e. The van der Waals surface area contributed by atoms with Crippen LogP contribution in [0.3, 0.4) is 0 Å². The molecule has 0 N–H and O–H groups in total. The number of aromatic nitrogens is 1. The summed E-state index contributed by atoms with van der Waals surface area (Å²) in [6.45, 7) is 5.45. The van der Waals surface area contributed by atoms with Gasteiger partial charge in [0, 0.05) is 29.7 Å². The molecule has 0 amide bonds. The Kier molecular flexibility index (Phi) is 7.19. The molecule has 0 bridgehead atoms. The number of quaternary nitrogens is 1. The minimum atomic E-state index is -0.296. The normalized spacial score (nSPS) is 15.2. The summed E-state index contributed by atoms with van der Waals surface area (Å²) in [6, 6.07) is 17.3. The minimum absolute atomic E-state index is 0.182. The van der Waals surface area contributed by atoms with Crippen LogP contribution in [-0.2, 0) is 0 Å². The number of pyridine rings is 1. The molecular weight excluding hydrogens is 415 g/mol. The van der Waals surface area contributed by atoms with E-state index < -0.39 is 0 Å². The van der Waals surface area contributed by atoms with Gasteiger partial charge in [-0.2, -0.15) is 0 Å². The van der Waals surface area contributed by atoms with Crippen LogP contribution in [0.1, 0.15) is 48.2 Å². The molecule has 0 unspecified atom stereocenters. The number of ether oxygens (including phenoxy) is 1. The molecule has 1 aliphatic heterocycles. The molecule has 5 heteroatoms. The van der Waals surface area contributed by atoms with Crippen LogP contribution in [0.4, 0.5) is 4.39 Å². The van der Waals surface area contributed by atoms with Crippen molar-refractivity contribution in [3.63, 3.8) is 0 Å². The zero-order valence-electron chi connectivity index (χ0n) is 19.5. The van der Waals surface area contributed by atoms with E-state index in [1.807, 2.05) is 43.3 Å². The Hall–Kier alpha value is -3.05. The van der Waals surface area contributed by atoms with Gasteiger partial charge in [0.05, 0.1) is 32.4 Å².